The van der Waals surface area contributed by atoms with Gasteiger partial charge < -0.3 is 0 Å². The molecule has 0 amide bonds. The molecule has 0 unspecified atom stereocenters. The fourth-order valence-corrected chi connectivity index (χ4v) is 2.84. The highest BCUT2D eigenvalue weighted by Crippen LogP contribution is 2.28. The molecule has 0 aromatic heterocycles. The molecule has 1 aliphatic heterocycles. The molecule has 4 heteroatoms. The van der Waals surface area contributed by atoms with Gasteiger partial charge >= 0.3 is 0 Å². The van der Waals surface area contributed by atoms with Crippen LogP contribution in [0.1, 0.15) is 0 Å². The first kappa shape index (κ1) is 12.4. The summed E-state index contributed by atoms with van der Waals surface area (Å²) in [5.41, 5.74) is 2.27. The molecule has 0 spiro atoms. The minimum atomic E-state index is 0.783. The minimum Gasteiger partial charge on any atom is -0.292 e. The van der Waals surface area contributed by atoms with Gasteiger partial charge in [-0.2, -0.15) is 0 Å². The average Bonchev–Trinajstić information content (AvgIpc) is 2.54. The minimum absolute atomic E-state index is 0.783. The van der Waals surface area contributed by atoms with Crippen LogP contribution >= 0.6 is 23.4 Å². The average molecular weight is 267 g/mol. The molecule has 0 saturated carbocycles. The Balaban J connectivity index is 2.00. The van der Waals surface area contributed by atoms with Crippen molar-refractivity contribution in [1.29, 1.82) is 0 Å². The molecule has 0 atom stereocenters. The maximum absolute atomic E-state index is 5.95. The third-order valence-electron chi connectivity index (χ3n) is 2.80. The van der Waals surface area contributed by atoms with E-state index in [9.17, 15) is 0 Å². The maximum atomic E-state index is 5.95. The predicted octanol–water partition coefficient (Wildman–Crippen LogP) is 3.62. The second-order valence-electron chi connectivity index (χ2n) is 3.92. The lowest BCUT2D eigenvalue weighted by molar-refractivity contribution is 0.135. The molecule has 1 heterocycles. The van der Waals surface area contributed by atoms with Gasteiger partial charge in [-0.25, -0.2) is 0 Å². The number of nitrogens with zero attached hydrogens (tertiary/aromatic N) is 2. The Kier molecular flexibility index (Phi) is 3.69. The van der Waals surface area contributed by atoms with Crippen molar-refractivity contribution in [1.82, 2.24) is 10.0 Å². The van der Waals surface area contributed by atoms with Crippen molar-refractivity contribution >= 4 is 23.4 Å². The van der Waals surface area contributed by atoms with Gasteiger partial charge in [0.1, 0.15) is 0 Å². The third-order valence-corrected chi connectivity index (χ3v) is 4.06. The monoisotopic (exact) mass is 266 g/mol. The smallest absolute Gasteiger partial charge is 0.0517 e. The summed E-state index contributed by atoms with van der Waals surface area (Å²) >= 11 is 7.73. The fraction of sp³-hybridized carbons (Fsp3) is 0.231. The molecule has 1 aliphatic rings. The lowest BCUT2D eigenvalue weighted by atomic mass is 10.4. The number of rotatable bonds is 3. The van der Waals surface area contributed by atoms with Gasteiger partial charge in [0.2, 0.25) is 0 Å². The van der Waals surface area contributed by atoms with E-state index in [2.05, 4.69) is 23.7 Å². The first-order valence-corrected chi connectivity index (χ1v) is 6.69. The fourth-order valence-electron chi connectivity index (χ4n) is 1.61. The zero-order valence-electron chi connectivity index (χ0n) is 9.98. The van der Waals surface area contributed by atoms with Crippen molar-refractivity contribution in [3.05, 3.63) is 53.3 Å². The van der Waals surface area contributed by atoms with Crippen molar-refractivity contribution in [3.8, 4) is 0 Å². The number of hydrogen-bond acceptors (Lipinski definition) is 3. The van der Waals surface area contributed by atoms with Crippen LogP contribution in [0.4, 0.5) is 0 Å². The van der Waals surface area contributed by atoms with Gasteiger partial charge in [0.15, 0.2) is 0 Å². The Morgan fingerprint density at radius 1 is 1.29 bits per heavy atom. The zero-order valence-corrected chi connectivity index (χ0v) is 11.6. The molecule has 2 rings (SSSR count). The van der Waals surface area contributed by atoms with Crippen molar-refractivity contribution in [2.75, 3.05) is 19.8 Å². The molecule has 0 aliphatic carbocycles. The van der Waals surface area contributed by atoms with Crippen LogP contribution in [0.5, 0.6) is 0 Å². The normalized spacial score (nSPS) is 15.5. The molecule has 90 valence electrons. The second kappa shape index (κ2) is 5.07. The van der Waals surface area contributed by atoms with Gasteiger partial charge in [-0.1, -0.05) is 24.2 Å². The van der Waals surface area contributed by atoms with Crippen LogP contribution in [0.3, 0.4) is 0 Å². The molecular weight excluding hydrogens is 252 g/mol. The zero-order chi connectivity index (χ0) is 12.4. The number of allylic oxidation sites excluding steroid dienone is 1. The highest BCUT2D eigenvalue weighted by Gasteiger charge is 2.18. The molecule has 17 heavy (non-hydrogen) atoms. The highest BCUT2D eigenvalue weighted by molar-refractivity contribution is 7.99. The van der Waals surface area contributed by atoms with Gasteiger partial charge in [-0.15, -0.1) is 11.8 Å². The quantitative estimate of drug-likeness (QED) is 0.772. The van der Waals surface area contributed by atoms with E-state index in [0.717, 1.165) is 16.5 Å². The van der Waals surface area contributed by atoms with Gasteiger partial charge in [-0.05, 0) is 24.3 Å². The summed E-state index contributed by atoms with van der Waals surface area (Å²) in [4.78, 5) is 1.19. The van der Waals surface area contributed by atoms with E-state index in [1.165, 1.54) is 10.6 Å². The third kappa shape index (κ3) is 2.79. The van der Waals surface area contributed by atoms with Crippen LogP contribution in [-0.4, -0.2) is 29.9 Å². The van der Waals surface area contributed by atoms with Gasteiger partial charge in [-0.3, -0.25) is 10.0 Å². The van der Waals surface area contributed by atoms with E-state index in [-0.39, 0.29) is 0 Å². The second-order valence-corrected chi connectivity index (χ2v) is 5.41. The van der Waals surface area contributed by atoms with Crippen LogP contribution in [0.2, 0.25) is 5.02 Å². The van der Waals surface area contributed by atoms with E-state index in [4.69, 9.17) is 11.6 Å². The molecule has 0 radical (unpaired) electrons. The first-order chi connectivity index (χ1) is 8.08. The molecule has 0 fully saturated rings. The number of thioether (sulfide) groups is 1. The largest absolute Gasteiger partial charge is 0.292 e. The van der Waals surface area contributed by atoms with Gasteiger partial charge in [0, 0.05) is 35.5 Å². The van der Waals surface area contributed by atoms with Crippen LogP contribution in [0.25, 0.3) is 0 Å². The maximum Gasteiger partial charge on any atom is 0.0517 e. The molecule has 2 nitrogen and oxygen atoms in total. The Bertz CT molecular complexity index is 470. The molecule has 0 bridgehead atoms. The summed E-state index contributed by atoms with van der Waals surface area (Å²) in [5.74, 6) is 0.917. The first-order valence-electron chi connectivity index (χ1n) is 5.33. The predicted molar refractivity (Wildman–Crippen MR) is 74.9 cm³/mol. The Hall–Kier alpha value is -1.06. The van der Waals surface area contributed by atoms with E-state index < -0.39 is 0 Å². The summed E-state index contributed by atoms with van der Waals surface area (Å²) in [7, 11) is 4.05. The molecule has 0 saturated heterocycles. The van der Waals surface area contributed by atoms with Crippen LogP contribution in [0, 0.1) is 0 Å². The number of hydrazine groups is 1. The Morgan fingerprint density at radius 2 is 2.06 bits per heavy atom. The van der Waals surface area contributed by atoms with E-state index in [1.807, 2.05) is 37.3 Å². The van der Waals surface area contributed by atoms with Gasteiger partial charge in [0.05, 0.1) is 5.70 Å². The van der Waals surface area contributed by atoms with Crippen LogP contribution in [0.15, 0.2) is 53.2 Å². The number of halogens is 1. The lowest BCUT2D eigenvalue weighted by Gasteiger charge is -2.26. The summed E-state index contributed by atoms with van der Waals surface area (Å²) in [6.45, 7) is 3.98. The number of benzene rings is 1. The van der Waals surface area contributed by atoms with Gasteiger partial charge in [0.25, 0.3) is 0 Å². The van der Waals surface area contributed by atoms with E-state index >= 15 is 0 Å². The van der Waals surface area contributed by atoms with Crippen molar-refractivity contribution in [2.24, 2.45) is 0 Å². The van der Waals surface area contributed by atoms with Crippen molar-refractivity contribution in [3.63, 3.8) is 0 Å². The lowest BCUT2D eigenvalue weighted by Crippen LogP contribution is -2.29. The molecule has 0 N–H and O–H groups in total. The Labute approximate surface area is 112 Å². The number of likely N-dealkylation sites (N-methyl/N-ethyl adjacent to an activating group) is 1. The van der Waals surface area contributed by atoms with E-state index in [1.54, 1.807) is 11.8 Å². The van der Waals surface area contributed by atoms with Crippen molar-refractivity contribution in [2.45, 2.75) is 4.90 Å². The highest BCUT2D eigenvalue weighted by atomic mass is 35.5. The molecule has 1 aromatic carbocycles. The number of hydrogen-bond donors (Lipinski definition) is 0. The van der Waals surface area contributed by atoms with E-state index in [0.29, 0.717) is 0 Å². The topological polar surface area (TPSA) is 6.48 Å². The van der Waals surface area contributed by atoms with Crippen LogP contribution < -0.4 is 0 Å². The summed E-state index contributed by atoms with van der Waals surface area (Å²) in [6, 6.07) is 7.93. The SMILES string of the molecule is C=C1C=C(CSc2cccc(Cl)c2)N(C)N1C. The van der Waals surface area contributed by atoms with Crippen LogP contribution in [-0.2, 0) is 0 Å². The van der Waals surface area contributed by atoms with Crippen molar-refractivity contribution < 1.29 is 0 Å². The molecular formula is C13H15ClN2S. The molecule has 1 aromatic rings. The summed E-state index contributed by atoms with van der Waals surface area (Å²) in [5, 5.41) is 4.93. The summed E-state index contributed by atoms with van der Waals surface area (Å²) in [6.07, 6.45) is 2.11. The summed E-state index contributed by atoms with van der Waals surface area (Å²) < 4.78 is 0. The standard InChI is InChI=1S/C13H15ClN2S/c1-10-7-12(16(3)15(10)2)9-17-13-6-4-5-11(14)8-13/h4-8H,1,9H2,2-3H3. The Morgan fingerprint density at radius 3 is 2.65 bits per heavy atom.